The Morgan fingerprint density at radius 3 is 2.65 bits per heavy atom. The van der Waals surface area contributed by atoms with E-state index in [1.54, 1.807) is 6.92 Å². The van der Waals surface area contributed by atoms with Crippen LogP contribution in [0.15, 0.2) is 30.3 Å². The van der Waals surface area contributed by atoms with Crippen molar-refractivity contribution in [3.05, 3.63) is 35.9 Å². The van der Waals surface area contributed by atoms with Crippen molar-refractivity contribution >= 4 is 5.91 Å². The molecular weight excluding hydrogens is 248 g/mol. The van der Waals surface area contributed by atoms with Gasteiger partial charge in [-0.1, -0.05) is 30.3 Å². The van der Waals surface area contributed by atoms with E-state index in [0.29, 0.717) is 12.1 Å². The van der Waals surface area contributed by atoms with Crippen molar-refractivity contribution in [1.29, 1.82) is 0 Å². The number of carbonyl (C=O) groups excluding carboxylic acids is 1. The van der Waals surface area contributed by atoms with Gasteiger partial charge in [-0.05, 0) is 31.2 Å². The fourth-order valence-electron chi connectivity index (χ4n) is 3.73. The van der Waals surface area contributed by atoms with E-state index in [9.17, 15) is 4.79 Å². The van der Waals surface area contributed by atoms with E-state index < -0.39 is 0 Å². The second-order valence-electron chi connectivity index (χ2n) is 6.11. The number of nitrogens with zero attached hydrogens (tertiary/aromatic N) is 2. The van der Waals surface area contributed by atoms with Crippen LogP contribution >= 0.6 is 0 Å². The number of benzene rings is 1. The molecule has 0 aromatic heterocycles. The fraction of sp³-hybridized carbons (Fsp3) is 0.588. The Bertz CT molecular complexity index is 459. The lowest BCUT2D eigenvalue weighted by Crippen LogP contribution is -2.41. The summed E-state index contributed by atoms with van der Waals surface area (Å²) in [6, 6.07) is 12.0. The number of hydrogen-bond acceptors (Lipinski definition) is 2. The molecule has 0 N–H and O–H groups in total. The highest BCUT2D eigenvalue weighted by Gasteiger charge is 2.37. The minimum Gasteiger partial charge on any atom is -0.341 e. The zero-order chi connectivity index (χ0) is 13.9. The Hall–Kier alpha value is -1.35. The van der Waals surface area contributed by atoms with Crippen LogP contribution in [0.5, 0.6) is 0 Å². The summed E-state index contributed by atoms with van der Waals surface area (Å²) in [4.78, 5) is 16.3. The van der Waals surface area contributed by atoms with Crippen LogP contribution in [0, 0.1) is 0 Å². The summed E-state index contributed by atoms with van der Waals surface area (Å²) in [6.45, 7) is 4.71. The lowest BCUT2D eigenvalue weighted by Gasteiger charge is -2.28. The summed E-state index contributed by atoms with van der Waals surface area (Å²) in [5, 5.41) is 0. The molecule has 3 heteroatoms. The molecule has 2 fully saturated rings. The van der Waals surface area contributed by atoms with Crippen LogP contribution in [-0.2, 0) is 11.2 Å². The van der Waals surface area contributed by atoms with E-state index in [4.69, 9.17) is 0 Å². The van der Waals surface area contributed by atoms with Gasteiger partial charge in [0.2, 0.25) is 5.91 Å². The summed E-state index contributed by atoms with van der Waals surface area (Å²) in [5.41, 5.74) is 1.42. The van der Waals surface area contributed by atoms with Gasteiger partial charge in [0.15, 0.2) is 0 Å². The van der Waals surface area contributed by atoms with Crippen LogP contribution in [0.1, 0.15) is 31.7 Å². The molecule has 0 spiro atoms. The predicted octanol–water partition coefficient (Wildman–Crippen LogP) is 2.31. The largest absolute Gasteiger partial charge is 0.341 e. The number of likely N-dealkylation sites (tertiary alicyclic amines) is 1. The third kappa shape index (κ3) is 2.88. The first-order valence-electron chi connectivity index (χ1n) is 7.79. The van der Waals surface area contributed by atoms with Crippen LogP contribution in [0.3, 0.4) is 0 Å². The Labute approximate surface area is 121 Å². The van der Waals surface area contributed by atoms with Gasteiger partial charge in [-0.15, -0.1) is 0 Å². The molecule has 1 aromatic rings. The highest BCUT2D eigenvalue weighted by molar-refractivity contribution is 5.73. The number of rotatable bonds is 3. The number of carbonyl (C=O) groups is 1. The van der Waals surface area contributed by atoms with Gasteiger partial charge >= 0.3 is 0 Å². The molecule has 108 valence electrons. The van der Waals surface area contributed by atoms with E-state index in [0.717, 1.165) is 32.5 Å². The molecule has 2 saturated heterocycles. The first-order valence-corrected chi connectivity index (χ1v) is 7.79. The molecule has 2 atom stereocenters. The number of fused-ring (bicyclic) bond motifs is 2. The van der Waals surface area contributed by atoms with Gasteiger partial charge in [-0.25, -0.2) is 0 Å². The van der Waals surface area contributed by atoms with Crippen LogP contribution in [-0.4, -0.2) is 47.4 Å². The SMILES string of the molecule is CC(=O)N1CCC2CCC(C1)N2CCc1ccccc1. The molecule has 1 amide bonds. The summed E-state index contributed by atoms with van der Waals surface area (Å²) in [5.74, 6) is 0.237. The molecule has 2 aliphatic heterocycles. The third-order valence-electron chi connectivity index (χ3n) is 4.88. The highest BCUT2D eigenvalue weighted by Crippen LogP contribution is 2.30. The molecular formula is C17H24N2O. The normalized spacial score (nSPS) is 26.6. The van der Waals surface area contributed by atoms with E-state index in [2.05, 4.69) is 35.2 Å². The van der Waals surface area contributed by atoms with Crippen molar-refractivity contribution in [2.75, 3.05) is 19.6 Å². The van der Waals surface area contributed by atoms with Crippen molar-refractivity contribution in [3.8, 4) is 0 Å². The van der Waals surface area contributed by atoms with E-state index >= 15 is 0 Å². The topological polar surface area (TPSA) is 23.6 Å². The molecule has 1 aromatic carbocycles. The maximum Gasteiger partial charge on any atom is 0.219 e. The molecule has 0 saturated carbocycles. The summed E-state index contributed by atoms with van der Waals surface area (Å²) in [6.07, 6.45) is 4.83. The molecule has 2 aliphatic rings. The summed E-state index contributed by atoms with van der Waals surface area (Å²) >= 11 is 0. The zero-order valence-corrected chi connectivity index (χ0v) is 12.3. The Morgan fingerprint density at radius 2 is 1.90 bits per heavy atom. The first-order chi connectivity index (χ1) is 9.74. The van der Waals surface area contributed by atoms with Gasteiger partial charge in [0.1, 0.15) is 0 Å². The van der Waals surface area contributed by atoms with Gasteiger partial charge in [0.25, 0.3) is 0 Å². The molecule has 2 bridgehead atoms. The van der Waals surface area contributed by atoms with Crippen molar-refractivity contribution in [2.45, 2.75) is 44.7 Å². The average molecular weight is 272 g/mol. The van der Waals surface area contributed by atoms with Gasteiger partial charge in [0.05, 0.1) is 0 Å². The average Bonchev–Trinajstić information content (AvgIpc) is 2.71. The molecule has 20 heavy (non-hydrogen) atoms. The quantitative estimate of drug-likeness (QED) is 0.843. The van der Waals surface area contributed by atoms with Crippen molar-refractivity contribution in [3.63, 3.8) is 0 Å². The predicted molar refractivity (Wildman–Crippen MR) is 80.5 cm³/mol. The highest BCUT2D eigenvalue weighted by atomic mass is 16.2. The molecule has 2 unspecified atom stereocenters. The van der Waals surface area contributed by atoms with Gasteiger partial charge < -0.3 is 4.90 Å². The minimum absolute atomic E-state index is 0.237. The third-order valence-corrected chi connectivity index (χ3v) is 4.88. The van der Waals surface area contributed by atoms with Crippen LogP contribution in [0.25, 0.3) is 0 Å². The fourth-order valence-corrected chi connectivity index (χ4v) is 3.73. The van der Waals surface area contributed by atoms with Crippen LogP contribution in [0.2, 0.25) is 0 Å². The smallest absolute Gasteiger partial charge is 0.219 e. The van der Waals surface area contributed by atoms with Crippen molar-refractivity contribution in [1.82, 2.24) is 9.80 Å². The Morgan fingerprint density at radius 1 is 1.15 bits per heavy atom. The van der Waals surface area contributed by atoms with Crippen LogP contribution in [0.4, 0.5) is 0 Å². The second kappa shape index (κ2) is 5.96. The van der Waals surface area contributed by atoms with Crippen molar-refractivity contribution < 1.29 is 4.79 Å². The van der Waals surface area contributed by atoms with Gasteiger partial charge in [-0.2, -0.15) is 0 Å². The molecule has 2 heterocycles. The standard InChI is InChI=1S/C17H24N2O/c1-14(20)18-11-10-16-7-8-17(13-18)19(16)12-9-15-5-3-2-4-6-15/h2-6,16-17H,7-13H2,1H3. The lowest BCUT2D eigenvalue weighted by atomic mass is 10.1. The monoisotopic (exact) mass is 272 g/mol. The van der Waals surface area contributed by atoms with Gasteiger partial charge in [0, 0.05) is 38.6 Å². The molecule has 3 rings (SSSR count). The maximum atomic E-state index is 11.6. The number of hydrogen-bond donors (Lipinski definition) is 0. The first kappa shape index (κ1) is 13.6. The summed E-state index contributed by atoms with van der Waals surface area (Å²) in [7, 11) is 0. The molecule has 0 radical (unpaired) electrons. The van der Waals surface area contributed by atoms with Crippen molar-refractivity contribution in [2.24, 2.45) is 0 Å². The zero-order valence-electron chi connectivity index (χ0n) is 12.3. The molecule has 3 nitrogen and oxygen atoms in total. The summed E-state index contributed by atoms with van der Waals surface area (Å²) < 4.78 is 0. The van der Waals surface area contributed by atoms with Gasteiger partial charge in [-0.3, -0.25) is 9.69 Å². The molecule has 0 aliphatic carbocycles. The van der Waals surface area contributed by atoms with E-state index in [1.807, 2.05) is 4.90 Å². The Balaban J connectivity index is 1.63. The van der Waals surface area contributed by atoms with E-state index in [1.165, 1.54) is 18.4 Å². The Kier molecular flexibility index (Phi) is 4.06. The number of amides is 1. The van der Waals surface area contributed by atoms with E-state index in [-0.39, 0.29) is 5.91 Å². The minimum atomic E-state index is 0.237. The van der Waals surface area contributed by atoms with Crippen LogP contribution < -0.4 is 0 Å². The second-order valence-corrected chi connectivity index (χ2v) is 6.11. The maximum absolute atomic E-state index is 11.6. The lowest BCUT2D eigenvalue weighted by molar-refractivity contribution is -0.129.